The van der Waals surface area contributed by atoms with E-state index in [1.165, 1.54) is 35.2 Å². The van der Waals surface area contributed by atoms with Crippen molar-refractivity contribution in [3.05, 3.63) is 117 Å². The average molecular weight is 611 g/mol. The molecule has 1 N–H and O–H groups in total. The van der Waals surface area contributed by atoms with Crippen LogP contribution in [0.5, 0.6) is 0 Å². The first-order chi connectivity index (χ1) is 18.5. The lowest BCUT2D eigenvalue weighted by Crippen LogP contribution is -2.31. The number of fused-ring (bicyclic) bond motifs is 2. The summed E-state index contributed by atoms with van der Waals surface area (Å²) >= 11 is 3.04. The predicted molar refractivity (Wildman–Crippen MR) is 147 cm³/mol. The second-order valence-electron chi connectivity index (χ2n) is 9.20. The van der Waals surface area contributed by atoms with Gasteiger partial charge in [-0.2, -0.15) is 0 Å². The van der Waals surface area contributed by atoms with Crippen molar-refractivity contribution in [1.82, 2.24) is 0 Å². The monoisotopic (exact) mass is 610 g/mol. The zero-order valence-corrected chi connectivity index (χ0v) is 23.2. The van der Waals surface area contributed by atoms with Crippen LogP contribution in [0.15, 0.2) is 87.1 Å². The molecular weight excluding hydrogens is 590 g/mol. The molecule has 0 aromatic heterocycles. The molecule has 1 aliphatic heterocycles. The smallest absolute Gasteiger partial charge is 0.259 e. The Morgan fingerprint density at radius 3 is 2.44 bits per heavy atom. The maximum Gasteiger partial charge on any atom is 0.259 e. The molecular formula is C29H21BrF2N2O4S. The largest absolute Gasteiger partial charge is 0.319 e. The molecule has 0 atom stereocenters. The summed E-state index contributed by atoms with van der Waals surface area (Å²) in [6.45, 7) is 3.85. The van der Waals surface area contributed by atoms with Crippen molar-refractivity contribution in [2.45, 2.75) is 30.2 Å². The van der Waals surface area contributed by atoms with Crippen molar-refractivity contribution >= 4 is 49.0 Å². The Labute approximate surface area is 232 Å². The van der Waals surface area contributed by atoms with E-state index >= 15 is 0 Å². The van der Waals surface area contributed by atoms with Crippen molar-refractivity contribution < 1.29 is 26.8 Å². The minimum absolute atomic E-state index is 0.00661. The molecule has 198 valence electrons. The van der Waals surface area contributed by atoms with Gasteiger partial charge in [0, 0.05) is 16.1 Å². The molecule has 0 bridgehead atoms. The first kappa shape index (κ1) is 26.7. The van der Waals surface area contributed by atoms with Gasteiger partial charge in [-0.1, -0.05) is 35.9 Å². The minimum Gasteiger partial charge on any atom is -0.319 e. The molecule has 10 heteroatoms. The normalized spacial score (nSPS) is 13.9. The molecule has 1 heterocycles. The van der Waals surface area contributed by atoms with Crippen molar-refractivity contribution in [1.29, 1.82) is 0 Å². The number of hydrogen-bond acceptors (Lipinski definition) is 4. The number of nitrogens with one attached hydrogen (secondary N) is 1. The van der Waals surface area contributed by atoms with Crippen LogP contribution in [0.3, 0.4) is 0 Å². The Hall–Kier alpha value is -3.89. The number of hydrogen-bond donors (Lipinski definition) is 1. The maximum atomic E-state index is 14.4. The van der Waals surface area contributed by atoms with E-state index < -0.39 is 33.3 Å². The number of carbonyl (C=O) groups excluding carboxylic acids is 2. The van der Waals surface area contributed by atoms with Crippen LogP contribution in [0.4, 0.5) is 20.2 Å². The fourth-order valence-corrected chi connectivity index (χ4v) is 6.63. The summed E-state index contributed by atoms with van der Waals surface area (Å²) in [4.78, 5) is 28.1. The predicted octanol–water partition coefficient (Wildman–Crippen LogP) is 6.59. The third-order valence-electron chi connectivity index (χ3n) is 6.53. The van der Waals surface area contributed by atoms with E-state index in [1.807, 2.05) is 32.0 Å². The Morgan fingerprint density at radius 1 is 0.949 bits per heavy atom. The van der Waals surface area contributed by atoms with Gasteiger partial charge < -0.3 is 10.2 Å². The van der Waals surface area contributed by atoms with E-state index in [0.29, 0.717) is 6.07 Å². The second-order valence-corrected chi connectivity index (χ2v) is 11.9. The topological polar surface area (TPSA) is 83.6 Å². The molecule has 1 aliphatic rings. The lowest BCUT2D eigenvalue weighted by Gasteiger charge is -2.24. The van der Waals surface area contributed by atoms with Crippen LogP contribution >= 0.6 is 15.9 Å². The highest BCUT2D eigenvalue weighted by Crippen LogP contribution is 2.39. The van der Waals surface area contributed by atoms with Crippen LogP contribution in [0.2, 0.25) is 0 Å². The Kier molecular flexibility index (Phi) is 6.86. The van der Waals surface area contributed by atoms with E-state index in [0.717, 1.165) is 22.8 Å². The van der Waals surface area contributed by atoms with Crippen LogP contribution in [0.25, 0.3) is 0 Å². The second kappa shape index (κ2) is 10.0. The van der Waals surface area contributed by atoms with Crippen molar-refractivity contribution in [3.63, 3.8) is 0 Å². The van der Waals surface area contributed by atoms with E-state index in [4.69, 9.17) is 0 Å². The number of amides is 2. The zero-order chi connectivity index (χ0) is 28.1. The first-order valence-electron chi connectivity index (χ1n) is 11.8. The fraction of sp³-hybridized carbons (Fsp3) is 0.103. The van der Waals surface area contributed by atoms with Gasteiger partial charge in [-0.15, -0.1) is 0 Å². The van der Waals surface area contributed by atoms with Gasteiger partial charge in [0.05, 0.1) is 33.3 Å². The summed E-state index contributed by atoms with van der Waals surface area (Å²) in [7, 11) is -4.14. The van der Waals surface area contributed by atoms with Crippen molar-refractivity contribution in [3.8, 4) is 0 Å². The Balaban J connectivity index is 1.66. The Morgan fingerprint density at radius 2 is 1.69 bits per heavy atom. The van der Waals surface area contributed by atoms with E-state index in [2.05, 4.69) is 21.2 Å². The van der Waals surface area contributed by atoms with Crippen LogP contribution in [0.1, 0.15) is 37.4 Å². The van der Waals surface area contributed by atoms with E-state index in [-0.39, 0.29) is 43.3 Å². The highest BCUT2D eigenvalue weighted by molar-refractivity contribution is 9.10. The van der Waals surface area contributed by atoms with Gasteiger partial charge in [0.2, 0.25) is 9.84 Å². The molecule has 39 heavy (non-hydrogen) atoms. The van der Waals surface area contributed by atoms with Gasteiger partial charge in [-0.3, -0.25) is 9.59 Å². The molecule has 0 fully saturated rings. The number of rotatable bonds is 4. The fourth-order valence-electron chi connectivity index (χ4n) is 4.49. The van der Waals surface area contributed by atoms with Gasteiger partial charge in [-0.05, 0) is 77.3 Å². The van der Waals surface area contributed by atoms with Crippen LogP contribution in [-0.4, -0.2) is 20.2 Å². The van der Waals surface area contributed by atoms with Crippen LogP contribution < -0.4 is 10.2 Å². The van der Waals surface area contributed by atoms with E-state index in [1.54, 1.807) is 12.1 Å². The van der Waals surface area contributed by atoms with Gasteiger partial charge in [-0.25, -0.2) is 17.2 Å². The molecule has 4 aromatic carbocycles. The summed E-state index contributed by atoms with van der Waals surface area (Å²) in [5, 5.41) is 2.39. The zero-order valence-electron chi connectivity index (χ0n) is 20.8. The molecule has 0 saturated carbocycles. The minimum atomic E-state index is -4.14. The van der Waals surface area contributed by atoms with Crippen LogP contribution in [0, 0.1) is 25.5 Å². The van der Waals surface area contributed by atoms with E-state index in [9.17, 15) is 26.8 Å². The summed E-state index contributed by atoms with van der Waals surface area (Å²) in [6.07, 6.45) is 0. The molecule has 0 radical (unpaired) electrons. The summed E-state index contributed by atoms with van der Waals surface area (Å²) in [5.41, 5.74) is 2.40. The van der Waals surface area contributed by atoms with Gasteiger partial charge in [0.1, 0.15) is 5.82 Å². The van der Waals surface area contributed by atoms with Crippen LogP contribution in [-0.2, 0) is 16.4 Å². The molecule has 4 aromatic rings. The molecule has 0 spiro atoms. The lowest BCUT2D eigenvalue weighted by molar-refractivity contribution is 0.0979. The molecule has 0 aliphatic carbocycles. The quantitative estimate of drug-likeness (QED) is 0.282. The number of benzene rings is 4. The molecule has 2 amide bonds. The van der Waals surface area contributed by atoms with Gasteiger partial charge in [0.15, 0.2) is 5.82 Å². The number of aryl methyl sites for hydroxylation is 2. The number of carbonyl (C=O) groups is 2. The SMILES string of the molecule is Cc1ccc(C)c(CN2C(=O)c3ccccc3S(=O)(=O)c3ccc(C(=O)Nc4c(F)cc(F)cc4Br)cc32)c1. The highest BCUT2D eigenvalue weighted by atomic mass is 79.9. The highest BCUT2D eigenvalue weighted by Gasteiger charge is 2.36. The van der Waals surface area contributed by atoms with Gasteiger partial charge >= 0.3 is 0 Å². The van der Waals surface area contributed by atoms with Gasteiger partial charge in [0.25, 0.3) is 11.8 Å². The number of anilines is 2. The number of halogens is 3. The molecule has 0 unspecified atom stereocenters. The van der Waals surface area contributed by atoms with Crippen molar-refractivity contribution in [2.75, 3.05) is 10.2 Å². The Bertz CT molecular complexity index is 1770. The summed E-state index contributed by atoms with van der Waals surface area (Å²) < 4.78 is 55.3. The standard InChI is InChI=1S/C29H21BrF2N2O4S/c1-16-7-8-17(2)19(11-16)15-34-24-12-18(28(35)33-27-22(30)13-20(31)14-23(27)32)9-10-26(24)39(37,38)25-6-4-3-5-21(25)29(34)36/h3-14H,15H2,1-2H3,(H,33,35). The number of sulfone groups is 1. The van der Waals surface area contributed by atoms with Crippen molar-refractivity contribution in [2.24, 2.45) is 0 Å². The molecule has 6 nitrogen and oxygen atoms in total. The third-order valence-corrected chi connectivity index (χ3v) is 9.02. The molecule has 0 saturated heterocycles. The lowest BCUT2D eigenvalue weighted by atomic mass is 10.0. The third kappa shape index (κ3) is 4.86. The average Bonchev–Trinajstić information content (AvgIpc) is 2.96. The molecule has 5 rings (SSSR count). The first-order valence-corrected chi connectivity index (χ1v) is 14.1. The summed E-state index contributed by atoms with van der Waals surface area (Å²) in [5.74, 6) is -3.14. The summed E-state index contributed by atoms with van der Waals surface area (Å²) in [6, 6.07) is 17.2. The number of nitrogens with zero attached hydrogens (tertiary/aromatic N) is 1. The maximum absolute atomic E-state index is 14.4.